The van der Waals surface area contributed by atoms with Gasteiger partial charge in [-0.2, -0.15) is 0 Å². The number of hydrogen-bond acceptors (Lipinski definition) is 3. The van der Waals surface area contributed by atoms with Crippen LogP contribution in [0.1, 0.15) is 14.5 Å². The van der Waals surface area contributed by atoms with Gasteiger partial charge in [-0.3, -0.25) is 4.79 Å². The Morgan fingerprint density at radius 3 is 2.58 bits per heavy atom. The zero-order valence-corrected chi connectivity index (χ0v) is 12.0. The molecule has 0 unspecified atom stereocenters. The monoisotopic (exact) mass is 274 g/mol. The summed E-state index contributed by atoms with van der Waals surface area (Å²) in [4.78, 5) is 15.9. The van der Waals surface area contributed by atoms with E-state index in [2.05, 4.69) is 22.3 Å². The van der Waals surface area contributed by atoms with Gasteiger partial charge in [0, 0.05) is 30.7 Å². The quantitative estimate of drug-likeness (QED) is 0.909. The molecule has 0 atom stereocenters. The van der Waals surface area contributed by atoms with E-state index in [1.807, 2.05) is 44.3 Å². The van der Waals surface area contributed by atoms with Crippen LogP contribution < -0.4 is 10.2 Å². The van der Waals surface area contributed by atoms with Gasteiger partial charge in [0.05, 0.1) is 4.88 Å². The van der Waals surface area contributed by atoms with E-state index in [0.717, 1.165) is 22.0 Å². The van der Waals surface area contributed by atoms with Crippen LogP contribution in [0.15, 0.2) is 42.5 Å². The van der Waals surface area contributed by atoms with E-state index in [1.165, 1.54) is 11.3 Å². The molecule has 19 heavy (non-hydrogen) atoms. The molecule has 2 aromatic rings. The SMILES string of the molecule is Cc1ccc(C(=O)NCCN(C)c2ccccc2)s1. The first-order valence-corrected chi connectivity index (χ1v) is 7.09. The summed E-state index contributed by atoms with van der Waals surface area (Å²) in [5, 5.41) is 2.94. The number of anilines is 1. The van der Waals surface area contributed by atoms with Crippen LogP contribution in [-0.4, -0.2) is 26.0 Å². The second-order valence-electron chi connectivity index (χ2n) is 4.42. The molecule has 2 rings (SSSR count). The predicted octanol–water partition coefficient (Wildman–Crippen LogP) is 2.92. The fourth-order valence-corrected chi connectivity index (χ4v) is 2.58. The minimum atomic E-state index is 0.0135. The molecule has 0 fully saturated rings. The van der Waals surface area contributed by atoms with E-state index in [4.69, 9.17) is 0 Å². The van der Waals surface area contributed by atoms with Crippen molar-refractivity contribution in [3.63, 3.8) is 0 Å². The molecule has 0 saturated carbocycles. The number of benzene rings is 1. The van der Waals surface area contributed by atoms with Crippen LogP contribution in [0.3, 0.4) is 0 Å². The summed E-state index contributed by atoms with van der Waals surface area (Å²) in [5.41, 5.74) is 1.16. The number of hydrogen-bond donors (Lipinski definition) is 1. The van der Waals surface area contributed by atoms with Crippen LogP contribution in [0.2, 0.25) is 0 Å². The molecule has 3 nitrogen and oxygen atoms in total. The zero-order chi connectivity index (χ0) is 13.7. The number of carbonyl (C=O) groups excluding carboxylic acids is 1. The molecule has 100 valence electrons. The van der Waals surface area contributed by atoms with Crippen LogP contribution in [0.5, 0.6) is 0 Å². The minimum Gasteiger partial charge on any atom is -0.373 e. The van der Waals surface area contributed by atoms with E-state index in [9.17, 15) is 4.79 Å². The Kier molecular flexibility index (Phi) is 4.58. The number of amides is 1. The van der Waals surface area contributed by atoms with E-state index < -0.39 is 0 Å². The molecular formula is C15H18N2OS. The molecule has 0 saturated heterocycles. The van der Waals surface area contributed by atoms with Gasteiger partial charge >= 0.3 is 0 Å². The van der Waals surface area contributed by atoms with Gasteiger partial charge in [-0.1, -0.05) is 18.2 Å². The van der Waals surface area contributed by atoms with Crippen molar-refractivity contribution in [1.29, 1.82) is 0 Å². The zero-order valence-electron chi connectivity index (χ0n) is 11.2. The topological polar surface area (TPSA) is 32.3 Å². The van der Waals surface area contributed by atoms with Crippen molar-refractivity contribution in [1.82, 2.24) is 5.32 Å². The number of nitrogens with one attached hydrogen (secondary N) is 1. The molecule has 1 N–H and O–H groups in total. The van der Waals surface area contributed by atoms with Crippen LogP contribution in [0.25, 0.3) is 0 Å². The maximum atomic E-state index is 11.9. The first kappa shape index (κ1) is 13.6. The van der Waals surface area contributed by atoms with Gasteiger partial charge < -0.3 is 10.2 Å². The molecule has 1 aromatic heterocycles. The third-order valence-corrected chi connectivity index (χ3v) is 3.89. The summed E-state index contributed by atoms with van der Waals surface area (Å²) in [6, 6.07) is 14.0. The van der Waals surface area contributed by atoms with Gasteiger partial charge in [-0.05, 0) is 31.2 Å². The number of aryl methyl sites for hydroxylation is 1. The lowest BCUT2D eigenvalue weighted by atomic mass is 10.3. The lowest BCUT2D eigenvalue weighted by Crippen LogP contribution is -2.32. The Morgan fingerprint density at radius 1 is 1.21 bits per heavy atom. The Bertz CT molecular complexity index is 536. The number of rotatable bonds is 5. The summed E-state index contributed by atoms with van der Waals surface area (Å²) in [5.74, 6) is 0.0135. The van der Waals surface area contributed by atoms with Gasteiger partial charge in [-0.15, -0.1) is 11.3 Å². The Hall–Kier alpha value is -1.81. The summed E-state index contributed by atoms with van der Waals surface area (Å²) in [6.07, 6.45) is 0. The van der Waals surface area contributed by atoms with Crippen molar-refractivity contribution in [3.05, 3.63) is 52.2 Å². The van der Waals surface area contributed by atoms with Crippen molar-refractivity contribution < 1.29 is 4.79 Å². The van der Waals surface area contributed by atoms with Crippen molar-refractivity contribution in [2.24, 2.45) is 0 Å². The smallest absolute Gasteiger partial charge is 0.261 e. The highest BCUT2D eigenvalue weighted by molar-refractivity contribution is 7.13. The van der Waals surface area contributed by atoms with E-state index in [1.54, 1.807) is 0 Å². The first-order chi connectivity index (χ1) is 9.16. The molecule has 0 spiro atoms. The number of carbonyl (C=O) groups is 1. The van der Waals surface area contributed by atoms with E-state index in [0.29, 0.717) is 6.54 Å². The molecule has 0 aliphatic heterocycles. The predicted molar refractivity (Wildman–Crippen MR) is 81.1 cm³/mol. The Balaban J connectivity index is 1.79. The number of nitrogens with zero attached hydrogens (tertiary/aromatic N) is 1. The van der Waals surface area contributed by atoms with Crippen molar-refractivity contribution >= 4 is 22.9 Å². The first-order valence-electron chi connectivity index (χ1n) is 6.27. The van der Waals surface area contributed by atoms with E-state index >= 15 is 0 Å². The normalized spacial score (nSPS) is 10.2. The van der Waals surface area contributed by atoms with Crippen molar-refractivity contribution in [3.8, 4) is 0 Å². The van der Waals surface area contributed by atoms with Crippen LogP contribution in [-0.2, 0) is 0 Å². The van der Waals surface area contributed by atoms with Crippen molar-refractivity contribution in [2.75, 3.05) is 25.0 Å². The standard InChI is InChI=1S/C15H18N2OS/c1-12-8-9-14(19-12)15(18)16-10-11-17(2)13-6-4-3-5-7-13/h3-9H,10-11H2,1-2H3,(H,16,18). The molecule has 4 heteroatoms. The average molecular weight is 274 g/mol. The molecule has 0 aliphatic rings. The third-order valence-electron chi connectivity index (χ3n) is 2.89. The number of para-hydroxylation sites is 1. The highest BCUT2D eigenvalue weighted by Gasteiger charge is 2.07. The maximum absolute atomic E-state index is 11.9. The van der Waals surface area contributed by atoms with Crippen molar-refractivity contribution in [2.45, 2.75) is 6.92 Å². The van der Waals surface area contributed by atoms with Gasteiger partial charge in [0.2, 0.25) is 0 Å². The average Bonchev–Trinajstić information content (AvgIpc) is 2.86. The minimum absolute atomic E-state index is 0.0135. The highest BCUT2D eigenvalue weighted by atomic mass is 32.1. The van der Waals surface area contributed by atoms with Gasteiger partial charge in [-0.25, -0.2) is 0 Å². The fraction of sp³-hybridized carbons (Fsp3) is 0.267. The summed E-state index contributed by atoms with van der Waals surface area (Å²) in [7, 11) is 2.02. The second kappa shape index (κ2) is 6.38. The van der Waals surface area contributed by atoms with Gasteiger partial charge in [0.1, 0.15) is 0 Å². The van der Waals surface area contributed by atoms with Crippen LogP contribution in [0.4, 0.5) is 5.69 Å². The Labute approximate surface area is 117 Å². The molecular weight excluding hydrogens is 256 g/mol. The third kappa shape index (κ3) is 3.83. The van der Waals surface area contributed by atoms with E-state index in [-0.39, 0.29) is 5.91 Å². The summed E-state index contributed by atoms with van der Waals surface area (Å²) < 4.78 is 0. The molecule has 1 heterocycles. The summed E-state index contributed by atoms with van der Waals surface area (Å²) >= 11 is 1.53. The molecule has 0 bridgehead atoms. The molecule has 0 radical (unpaired) electrons. The lowest BCUT2D eigenvalue weighted by molar-refractivity contribution is 0.0959. The molecule has 1 aromatic carbocycles. The second-order valence-corrected chi connectivity index (χ2v) is 5.71. The summed E-state index contributed by atoms with van der Waals surface area (Å²) in [6.45, 7) is 3.44. The Morgan fingerprint density at radius 2 is 1.95 bits per heavy atom. The largest absolute Gasteiger partial charge is 0.373 e. The highest BCUT2D eigenvalue weighted by Crippen LogP contribution is 2.14. The number of thiophene rings is 1. The van der Waals surface area contributed by atoms with Crippen LogP contribution >= 0.6 is 11.3 Å². The fourth-order valence-electron chi connectivity index (χ4n) is 1.79. The van der Waals surface area contributed by atoms with Gasteiger partial charge in [0.25, 0.3) is 5.91 Å². The molecule has 0 aliphatic carbocycles. The number of likely N-dealkylation sites (N-methyl/N-ethyl adjacent to an activating group) is 1. The lowest BCUT2D eigenvalue weighted by Gasteiger charge is -2.19. The van der Waals surface area contributed by atoms with Crippen LogP contribution in [0, 0.1) is 6.92 Å². The molecule has 1 amide bonds. The maximum Gasteiger partial charge on any atom is 0.261 e. The van der Waals surface area contributed by atoms with Gasteiger partial charge in [0.15, 0.2) is 0 Å².